The van der Waals surface area contributed by atoms with Crippen LogP contribution in [0.5, 0.6) is 0 Å². The Kier molecular flexibility index (Phi) is 3.32. The molecule has 0 spiro atoms. The van der Waals surface area contributed by atoms with Crippen molar-refractivity contribution in [2.24, 2.45) is 7.05 Å². The van der Waals surface area contributed by atoms with Crippen molar-refractivity contribution in [1.29, 1.82) is 0 Å². The summed E-state index contributed by atoms with van der Waals surface area (Å²) >= 11 is 0. The lowest BCUT2D eigenvalue weighted by Gasteiger charge is -2.20. The minimum atomic E-state index is 0.815. The summed E-state index contributed by atoms with van der Waals surface area (Å²) in [4.78, 5) is 6.47. The summed E-state index contributed by atoms with van der Waals surface area (Å²) in [6.45, 7) is 0.902. The lowest BCUT2D eigenvalue weighted by molar-refractivity contribution is 0.757. The third kappa shape index (κ3) is 2.58. The predicted octanol–water partition coefficient (Wildman–Crippen LogP) is 1.68. The van der Waals surface area contributed by atoms with Crippen LogP contribution >= 0.6 is 0 Å². The average Bonchev–Trinajstić information content (AvgIpc) is 2.72. The third-order valence-corrected chi connectivity index (χ3v) is 2.94. The maximum absolute atomic E-state index is 5.94. The molecule has 2 aromatic rings. The van der Waals surface area contributed by atoms with Gasteiger partial charge in [-0.1, -0.05) is 12.1 Å². The lowest BCUT2D eigenvalue weighted by Crippen LogP contribution is -2.22. The topological polar surface area (TPSA) is 47.1 Å². The molecule has 0 amide bonds. The summed E-state index contributed by atoms with van der Waals surface area (Å²) in [6, 6.07) is 7.91. The van der Waals surface area contributed by atoms with E-state index in [0.29, 0.717) is 0 Å². The van der Waals surface area contributed by atoms with Crippen LogP contribution in [0, 0.1) is 0 Å². The van der Waals surface area contributed by atoms with Gasteiger partial charge in [0.2, 0.25) is 0 Å². The summed E-state index contributed by atoms with van der Waals surface area (Å²) in [5.41, 5.74) is 7.82. The molecule has 0 bridgehead atoms. The third-order valence-electron chi connectivity index (χ3n) is 2.94. The SMILES string of the molecule is CN(CCc1nccn1C)c1ccccc1N. The number of para-hydroxylation sites is 2. The minimum Gasteiger partial charge on any atom is -0.397 e. The Balaban J connectivity index is 2.01. The Labute approximate surface area is 102 Å². The van der Waals surface area contributed by atoms with E-state index in [0.717, 1.165) is 30.2 Å². The van der Waals surface area contributed by atoms with E-state index in [4.69, 9.17) is 5.73 Å². The number of aryl methyl sites for hydroxylation is 1. The van der Waals surface area contributed by atoms with Gasteiger partial charge in [0.25, 0.3) is 0 Å². The van der Waals surface area contributed by atoms with Gasteiger partial charge in [-0.3, -0.25) is 0 Å². The molecule has 2 N–H and O–H groups in total. The van der Waals surface area contributed by atoms with Crippen molar-refractivity contribution < 1.29 is 0 Å². The van der Waals surface area contributed by atoms with Gasteiger partial charge in [-0.25, -0.2) is 4.98 Å². The molecule has 1 aromatic heterocycles. The molecule has 0 unspecified atom stereocenters. The fraction of sp³-hybridized carbons (Fsp3) is 0.308. The number of likely N-dealkylation sites (N-methyl/N-ethyl adjacent to an activating group) is 1. The Morgan fingerprint density at radius 2 is 2.12 bits per heavy atom. The molecule has 1 heterocycles. The van der Waals surface area contributed by atoms with Crippen molar-refractivity contribution in [2.45, 2.75) is 6.42 Å². The van der Waals surface area contributed by atoms with Crippen LogP contribution in [-0.2, 0) is 13.5 Å². The molecule has 0 saturated carbocycles. The largest absolute Gasteiger partial charge is 0.397 e. The molecular formula is C13H18N4. The van der Waals surface area contributed by atoms with Crippen molar-refractivity contribution in [2.75, 3.05) is 24.2 Å². The van der Waals surface area contributed by atoms with Crippen LogP contribution in [0.3, 0.4) is 0 Å². The van der Waals surface area contributed by atoms with Gasteiger partial charge in [-0.2, -0.15) is 0 Å². The Morgan fingerprint density at radius 1 is 1.35 bits per heavy atom. The Hall–Kier alpha value is -1.97. The maximum atomic E-state index is 5.94. The number of anilines is 2. The van der Waals surface area contributed by atoms with E-state index in [2.05, 4.69) is 16.9 Å². The molecule has 1 aromatic carbocycles. The molecule has 0 aliphatic rings. The molecule has 17 heavy (non-hydrogen) atoms. The second-order valence-electron chi connectivity index (χ2n) is 4.18. The molecular weight excluding hydrogens is 212 g/mol. The number of aromatic nitrogens is 2. The van der Waals surface area contributed by atoms with Gasteiger partial charge in [0.05, 0.1) is 11.4 Å². The first-order chi connectivity index (χ1) is 8.18. The molecule has 0 aliphatic carbocycles. The van der Waals surface area contributed by atoms with Gasteiger partial charge in [0.15, 0.2) is 0 Å². The fourth-order valence-electron chi connectivity index (χ4n) is 1.86. The highest BCUT2D eigenvalue weighted by molar-refractivity contribution is 5.66. The molecule has 4 heteroatoms. The Bertz CT molecular complexity index is 490. The zero-order valence-corrected chi connectivity index (χ0v) is 10.3. The van der Waals surface area contributed by atoms with E-state index in [1.807, 2.05) is 48.3 Å². The van der Waals surface area contributed by atoms with Crippen molar-refractivity contribution in [3.8, 4) is 0 Å². The quantitative estimate of drug-likeness (QED) is 0.813. The summed E-state index contributed by atoms with van der Waals surface area (Å²) in [6.07, 6.45) is 4.70. The summed E-state index contributed by atoms with van der Waals surface area (Å²) in [5.74, 6) is 1.09. The van der Waals surface area contributed by atoms with Crippen LogP contribution in [0.1, 0.15) is 5.82 Å². The highest BCUT2D eigenvalue weighted by atomic mass is 15.1. The molecule has 0 radical (unpaired) electrons. The predicted molar refractivity (Wildman–Crippen MR) is 71.0 cm³/mol. The van der Waals surface area contributed by atoms with Crippen LogP contribution in [0.15, 0.2) is 36.7 Å². The minimum absolute atomic E-state index is 0.815. The number of nitrogens with two attached hydrogens (primary N) is 1. The zero-order valence-electron chi connectivity index (χ0n) is 10.3. The van der Waals surface area contributed by atoms with E-state index in [1.165, 1.54) is 0 Å². The van der Waals surface area contributed by atoms with Crippen LogP contribution < -0.4 is 10.6 Å². The average molecular weight is 230 g/mol. The van der Waals surface area contributed by atoms with E-state index in [9.17, 15) is 0 Å². The van der Waals surface area contributed by atoms with E-state index < -0.39 is 0 Å². The van der Waals surface area contributed by atoms with Gasteiger partial charge in [0, 0.05) is 39.5 Å². The second-order valence-corrected chi connectivity index (χ2v) is 4.18. The molecule has 0 fully saturated rings. The van der Waals surface area contributed by atoms with Crippen molar-refractivity contribution in [3.05, 3.63) is 42.5 Å². The number of nitrogens with zero attached hydrogens (tertiary/aromatic N) is 3. The molecule has 0 aliphatic heterocycles. The molecule has 4 nitrogen and oxygen atoms in total. The number of hydrogen-bond donors (Lipinski definition) is 1. The summed E-state index contributed by atoms with van der Waals surface area (Å²) in [5, 5.41) is 0. The zero-order chi connectivity index (χ0) is 12.3. The van der Waals surface area contributed by atoms with Gasteiger partial charge in [0.1, 0.15) is 5.82 Å². The number of imidazole rings is 1. The molecule has 2 rings (SSSR count). The lowest BCUT2D eigenvalue weighted by atomic mass is 10.2. The standard InChI is InChI=1S/C13H18N4/c1-16(12-6-4-3-5-11(12)14)9-7-13-15-8-10-17(13)2/h3-6,8,10H,7,9,14H2,1-2H3. The molecule has 0 saturated heterocycles. The van der Waals surface area contributed by atoms with Gasteiger partial charge in [-0.15, -0.1) is 0 Å². The van der Waals surface area contributed by atoms with Crippen molar-refractivity contribution in [3.63, 3.8) is 0 Å². The van der Waals surface area contributed by atoms with E-state index in [1.54, 1.807) is 0 Å². The van der Waals surface area contributed by atoms with E-state index in [-0.39, 0.29) is 0 Å². The maximum Gasteiger partial charge on any atom is 0.110 e. The highest BCUT2D eigenvalue weighted by Gasteiger charge is 2.06. The summed E-state index contributed by atoms with van der Waals surface area (Å²) in [7, 11) is 4.06. The van der Waals surface area contributed by atoms with Crippen LogP contribution in [0.4, 0.5) is 11.4 Å². The number of hydrogen-bond acceptors (Lipinski definition) is 3. The summed E-state index contributed by atoms with van der Waals surface area (Å²) < 4.78 is 2.04. The highest BCUT2D eigenvalue weighted by Crippen LogP contribution is 2.20. The van der Waals surface area contributed by atoms with Gasteiger partial charge >= 0.3 is 0 Å². The second kappa shape index (κ2) is 4.91. The van der Waals surface area contributed by atoms with Crippen molar-refractivity contribution >= 4 is 11.4 Å². The monoisotopic (exact) mass is 230 g/mol. The van der Waals surface area contributed by atoms with Crippen molar-refractivity contribution in [1.82, 2.24) is 9.55 Å². The van der Waals surface area contributed by atoms with E-state index >= 15 is 0 Å². The smallest absolute Gasteiger partial charge is 0.110 e. The van der Waals surface area contributed by atoms with Gasteiger partial charge in [-0.05, 0) is 12.1 Å². The molecule has 90 valence electrons. The van der Waals surface area contributed by atoms with Crippen LogP contribution in [0.2, 0.25) is 0 Å². The van der Waals surface area contributed by atoms with Gasteiger partial charge < -0.3 is 15.2 Å². The number of rotatable bonds is 4. The first-order valence-electron chi connectivity index (χ1n) is 5.70. The normalized spacial score (nSPS) is 10.5. The van der Waals surface area contributed by atoms with Crippen LogP contribution in [0.25, 0.3) is 0 Å². The number of benzene rings is 1. The number of nitrogen functional groups attached to an aromatic ring is 1. The first kappa shape index (κ1) is 11.5. The van der Waals surface area contributed by atoms with Crippen LogP contribution in [-0.4, -0.2) is 23.1 Å². The molecule has 0 atom stereocenters. The Morgan fingerprint density at radius 3 is 2.76 bits per heavy atom. The fourth-order valence-corrected chi connectivity index (χ4v) is 1.86. The first-order valence-corrected chi connectivity index (χ1v) is 5.70.